The minimum absolute atomic E-state index is 0.189. The van der Waals surface area contributed by atoms with Gasteiger partial charge in [0.15, 0.2) is 0 Å². The Morgan fingerprint density at radius 3 is 2.23 bits per heavy atom. The molecule has 4 nitrogen and oxygen atoms in total. The van der Waals surface area contributed by atoms with E-state index in [1.807, 2.05) is 0 Å². The minimum atomic E-state index is -0.563. The molecule has 2 saturated carbocycles. The van der Waals surface area contributed by atoms with Crippen molar-refractivity contribution in [3.8, 4) is 5.75 Å². The third-order valence-corrected chi connectivity index (χ3v) is 7.90. The van der Waals surface area contributed by atoms with Gasteiger partial charge in [-0.15, -0.1) is 0 Å². The first kappa shape index (κ1) is 22.1. The summed E-state index contributed by atoms with van der Waals surface area (Å²) in [5.74, 6) is 1.90. The van der Waals surface area contributed by atoms with E-state index in [4.69, 9.17) is 4.74 Å². The van der Waals surface area contributed by atoms with Crippen LogP contribution in [0.5, 0.6) is 5.75 Å². The summed E-state index contributed by atoms with van der Waals surface area (Å²) >= 11 is 0. The topological polar surface area (TPSA) is 35.9 Å². The molecule has 4 rings (SSSR count). The highest BCUT2D eigenvalue weighted by molar-refractivity contribution is 5.31. The van der Waals surface area contributed by atoms with E-state index >= 15 is 0 Å². The third kappa shape index (κ3) is 5.77. The second kappa shape index (κ2) is 10.5. The number of benzene rings is 1. The molecule has 1 saturated heterocycles. The molecule has 3 fully saturated rings. The van der Waals surface area contributed by atoms with Crippen LogP contribution in [0.1, 0.15) is 75.7 Å². The molecule has 1 atom stereocenters. The maximum atomic E-state index is 11.6. The first-order chi connectivity index (χ1) is 14.6. The highest BCUT2D eigenvalue weighted by Gasteiger charge is 2.39. The molecular formula is C26H42N2O2. The molecule has 3 aliphatic rings. The van der Waals surface area contributed by atoms with Crippen LogP contribution in [0.25, 0.3) is 0 Å². The Bertz CT molecular complexity index is 627. The van der Waals surface area contributed by atoms with Crippen LogP contribution in [-0.2, 0) is 0 Å². The Hall–Kier alpha value is -1.10. The fourth-order valence-corrected chi connectivity index (χ4v) is 5.75. The second-order valence-electron chi connectivity index (χ2n) is 10.2. The van der Waals surface area contributed by atoms with Crippen molar-refractivity contribution >= 4 is 0 Å². The predicted molar refractivity (Wildman–Crippen MR) is 123 cm³/mol. The molecule has 0 radical (unpaired) electrons. The largest absolute Gasteiger partial charge is 0.493 e. The second-order valence-corrected chi connectivity index (χ2v) is 10.2. The van der Waals surface area contributed by atoms with Gasteiger partial charge in [-0.05, 0) is 56.3 Å². The number of piperazine rings is 1. The zero-order chi connectivity index (χ0) is 20.8. The van der Waals surface area contributed by atoms with Crippen molar-refractivity contribution in [1.82, 2.24) is 9.80 Å². The SMILES string of the molecule is CN1CCN(CC(c2ccc(OCC3CCCCC3)cc2)C2(O)CCCCC2)CC1. The van der Waals surface area contributed by atoms with Crippen LogP contribution < -0.4 is 4.74 Å². The predicted octanol–water partition coefficient (Wildman–Crippen LogP) is 4.67. The summed E-state index contributed by atoms with van der Waals surface area (Å²) in [4.78, 5) is 4.96. The van der Waals surface area contributed by atoms with Gasteiger partial charge < -0.3 is 19.6 Å². The number of hydrogen-bond acceptors (Lipinski definition) is 4. The molecular weight excluding hydrogens is 372 g/mol. The van der Waals surface area contributed by atoms with Crippen LogP contribution in [0.4, 0.5) is 0 Å². The quantitative estimate of drug-likeness (QED) is 0.703. The van der Waals surface area contributed by atoms with Crippen LogP contribution in [0, 0.1) is 5.92 Å². The number of hydrogen-bond donors (Lipinski definition) is 1. The van der Waals surface area contributed by atoms with Crippen molar-refractivity contribution < 1.29 is 9.84 Å². The van der Waals surface area contributed by atoms with Gasteiger partial charge in [0.2, 0.25) is 0 Å². The fraction of sp³-hybridized carbons (Fsp3) is 0.769. The molecule has 1 aromatic carbocycles. The standard InChI is InChI=1S/C26H42N2O2/c1-27-16-18-28(19-17-27)20-25(26(29)14-6-3-7-15-26)23-10-12-24(13-11-23)30-21-22-8-4-2-5-9-22/h10-13,22,25,29H,2-9,14-21H2,1H3. The Morgan fingerprint density at radius 2 is 1.57 bits per heavy atom. The molecule has 1 unspecified atom stereocenters. The molecule has 0 spiro atoms. The van der Waals surface area contributed by atoms with Crippen molar-refractivity contribution in [2.75, 3.05) is 46.4 Å². The van der Waals surface area contributed by atoms with E-state index in [0.29, 0.717) is 0 Å². The normalized spacial score (nSPS) is 25.1. The number of ether oxygens (including phenoxy) is 1. The van der Waals surface area contributed by atoms with E-state index in [0.717, 1.165) is 76.7 Å². The molecule has 1 N–H and O–H groups in total. The van der Waals surface area contributed by atoms with Gasteiger partial charge in [-0.2, -0.15) is 0 Å². The molecule has 30 heavy (non-hydrogen) atoms. The molecule has 1 heterocycles. The smallest absolute Gasteiger partial charge is 0.119 e. The maximum absolute atomic E-state index is 11.6. The average molecular weight is 415 g/mol. The van der Waals surface area contributed by atoms with Crippen LogP contribution in [0.15, 0.2) is 24.3 Å². The minimum Gasteiger partial charge on any atom is -0.493 e. The number of aliphatic hydroxyl groups is 1. The van der Waals surface area contributed by atoms with Crippen molar-refractivity contribution in [2.24, 2.45) is 5.92 Å². The van der Waals surface area contributed by atoms with E-state index in [9.17, 15) is 5.11 Å². The number of likely N-dealkylation sites (N-methyl/N-ethyl adjacent to an activating group) is 1. The Morgan fingerprint density at radius 1 is 0.933 bits per heavy atom. The Balaban J connectivity index is 1.42. The van der Waals surface area contributed by atoms with Gasteiger partial charge in [0.05, 0.1) is 12.2 Å². The number of nitrogens with zero attached hydrogens (tertiary/aromatic N) is 2. The highest BCUT2D eigenvalue weighted by atomic mass is 16.5. The Kier molecular flexibility index (Phi) is 7.72. The zero-order valence-electron chi connectivity index (χ0n) is 19.0. The van der Waals surface area contributed by atoms with Crippen LogP contribution in [-0.4, -0.2) is 66.9 Å². The first-order valence-corrected chi connectivity index (χ1v) is 12.5. The summed E-state index contributed by atoms with van der Waals surface area (Å²) in [6.45, 7) is 6.27. The van der Waals surface area contributed by atoms with Gasteiger partial charge in [0, 0.05) is 38.6 Å². The van der Waals surface area contributed by atoms with Gasteiger partial charge in [-0.3, -0.25) is 0 Å². The summed E-state index contributed by atoms with van der Waals surface area (Å²) in [5.41, 5.74) is 0.717. The lowest BCUT2D eigenvalue weighted by Gasteiger charge is -2.43. The maximum Gasteiger partial charge on any atom is 0.119 e. The van der Waals surface area contributed by atoms with Crippen molar-refractivity contribution in [3.63, 3.8) is 0 Å². The van der Waals surface area contributed by atoms with Crippen molar-refractivity contribution in [2.45, 2.75) is 75.7 Å². The van der Waals surface area contributed by atoms with Gasteiger partial charge in [-0.1, -0.05) is 50.7 Å². The molecule has 1 aliphatic heterocycles. The lowest BCUT2D eigenvalue weighted by molar-refractivity contribution is -0.0337. The van der Waals surface area contributed by atoms with Crippen molar-refractivity contribution in [3.05, 3.63) is 29.8 Å². The zero-order valence-corrected chi connectivity index (χ0v) is 19.0. The highest BCUT2D eigenvalue weighted by Crippen LogP contribution is 2.41. The van der Waals surface area contributed by atoms with Crippen molar-refractivity contribution in [1.29, 1.82) is 0 Å². The van der Waals surface area contributed by atoms with Gasteiger partial charge in [0.1, 0.15) is 5.75 Å². The molecule has 0 bridgehead atoms. The third-order valence-electron chi connectivity index (χ3n) is 7.90. The summed E-state index contributed by atoms with van der Waals surface area (Å²) < 4.78 is 6.13. The number of rotatable bonds is 7. The monoisotopic (exact) mass is 414 g/mol. The molecule has 0 amide bonds. The van der Waals surface area contributed by atoms with Gasteiger partial charge >= 0.3 is 0 Å². The van der Waals surface area contributed by atoms with Crippen LogP contribution in [0.3, 0.4) is 0 Å². The van der Waals surface area contributed by atoms with E-state index in [1.165, 1.54) is 44.1 Å². The summed E-state index contributed by atoms with van der Waals surface area (Å²) in [7, 11) is 2.20. The summed E-state index contributed by atoms with van der Waals surface area (Å²) in [5, 5.41) is 11.6. The van der Waals surface area contributed by atoms with E-state index in [-0.39, 0.29) is 5.92 Å². The first-order valence-electron chi connectivity index (χ1n) is 12.5. The molecule has 2 aliphatic carbocycles. The van der Waals surface area contributed by atoms with E-state index < -0.39 is 5.60 Å². The van der Waals surface area contributed by atoms with E-state index in [2.05, 4.69) is 41.1 Å². The fourth-order valence-electron chi connectivity index (χ4n) is 5.75. The molecule has 168 valence electrons. The van der Waals surface area contributed by atoms with Gasteiger partial charge in [0.25, 0.3) is 0 Å². The van der Waals surface area contributed by atoms with Crippen LogP contribution >= 0.6 is 0 Å². The molecule has 0 aromatic heterocycles. The summed E-state index contributed by atoms with van der Waals surface area (Å²) in [6.07, 6.45) is 12.2. The van der Waals surface area contributed by atoms with Gasteiger partial charge in [-0.25, -0.2) is 0 Å². The lowest BCUT2D eigenvalue weighted by Crippen LogP contribution is -2.50. The molecule has 4 heteroatoms. The van der Waals surface area contributed by atoms with Crippen LogP contribution in [0.2, 0.25) is 0 Å². The molecule has 1 aromatic rings. The van der Waals surface area contributed by atoms with E-state index in [1.54, 1.807) is 0 Å². The summed E-state index contributed by atoms with van der Waals surface area (Å²) in [6, 6.07) is 8.73. The Labute approximate surface area is 183 Å². The lowest BCUT2D eigenvalue weighted by atomic mass is 9.72. The average Bonchev–Trinajstić information content (AvgIpc) is 2.79.